The maximum atomic E-state index is 12.6. The molecular formula is C68H74N10O8. The van der Waals surface area contributed by atoms with Gasteiger partial charge in [0, 0.05) is 62.4 Å². The first-order chi connectivity index (χ1) is 41.5. The highest BCUT2D eigenvalue weighted by molar-refractivity contribution is 6.05. The first-order valence-electron chi connectivity index (χ1n) is 29.6. The van der Waals surface area contributed by atoms with E-state index in [-0.39, 0.29) is 36.1 Å². The molecule has 0 saturated carbocycles. The van der Waals surface area contributed by atoms with Crippen LogP contribution in [0.1, 0.15) is 104 Å². The van der Waals surface area contributed by atoms with E-state index in [0.29, 0.717) is 64.2 Å². The van der Waals surface area contributed by atoms with E-state index in [2.05, 4.69) is 52.8 Å². The van der Waals surface area contributed by atoms with Crippen LogP contribution in [0.3, 0.4) is 0 Å². The summed E-state index contributed by atoms with van der Waals surface area (Å²) in [4.78, 5) is 46.8. The molecule has 0 bridgehead atoms. The van der Waals surface area contributed by atoms with E-state index in [4.69, 9.17) is 39.9 Å². The van der Waals surface area contributed by atoms with Crippen LogP contribution in [0.2, 0.25) is 0 Å². The highest BCUT2D eigenvalue weighted by atomic mass is 16.6. The number of carbonyl (C=O) groups is 2. The molecule has 4 aliphatic heterocycles. The van der Waals surface area contributed by atoms with Crippen molar-refractivity contribution in [3.05, 3.63) is 133 Å². The number of anilines is 2. The number of nitrogen functional groups attached to an aromatic ring is 2. The fourth-order valence-electron chi connectivity index (χ4n) is 11.3. The van der Waals surface area contributed by atoms with Crippen molar-refractivity contribution >= 4 is 45.9 Å². The van der Waals surface area contributed by atoms with Crippen LogP contribution >= 0.6 is 0 Å². The molecule has 18 heteroatoms. The number of nitrogens with two attached hydrogens (primary N) is 2. The number of nitrogens with zero attached hydrogens (tertiary/aromatic N) is 8. The highest BCUT2D eigenvalue weighted by Gasteiger charge is 2.32. The lowest BCUT2D eigenvalue weighted by atomic mass is 9.96. The first-order valence-corrected chi connectivity index (χ1v) is 29.6. The Hall–Kier alpha value is -9.10. The van der Waals surface area contributed by atoms with Crippen molar-refractivity contribution in [1.82, 2.24) is 38.9 Å². The Bertz CT molecular complexity index is 3550. The van der Waals surface area contributed by atoms with Crippen LogP contribution in [0.25, 0.3) is 44.3 Å². The molecule has 8 aromatic rings. The van der Waals surface area contributed by atoms with Gasteiger partial charge in [0.15, 0.2) is 0 Å². The van der Waals surface area contributed by atoms with Crippen molar-refractivity contribution in [3.8, 4) is 68.9 Å². The maximum Gasteiger partial charge on any atom is 0.410 e. The average Bonchev–Trinajstić information content (AvgIpc) is 1.72. The lowest BCUT2D eigenvalue weighted by Crippen LogP contribution is -2.41. The van der Waals surface area contributed by atoms with Crippen LogP contribution < -0.4 is 20.9 Å². The predicted molar refractivity (Wildman–Crippen MR) is 332 cm³/mol. The second-order valence-corrected chi connectivity index (χ2v) is 24.0. The first kappa shape index (κ1) is 58.7. The summed E-state index contributed by atoms with van der Waals surface area (Å²) < 4.78 is 39.2. The summed E-state index contributed by atoms with van der Waals surface area (Å²) in [5.41, 5.74) is 18.9. The third-order valence-electron chi connectivity index (χ3n) is 15.5. The van der Waals surface area contributed by atoms with Gasteiger partial charge in [-0.3, -0.25) is 0 Å². The van der Waals surface area contributed by atoms with E-state index >= 15 is 0 Å². The van der Waals surface area contributed by atoms with Crippen molar-refractivity contribution in [2.75, 3.05) is 64.1 Å². The number of amides is 2. The summed E-state index contributed by atoms with van der Waals surface area (Å²) in [5, 5.41) is 1.57. The van der Waals surface area contributed by atoms with Gasteiger partial charge in [-0.25, -0.2) is 29.5 Å². The number of rotatable bonds is 8. The SMILES string of the molecule is CC(C)(C)OC(=O)N1CCC(C#Cc2c(-c3ccc(Oc4ccccc4)cc3)c3c(N)ncnc3n2[C@@H]2CCOC2)CC1.CC(C)(C)OC(=O)N1CCC(C#Cc2c(-c3ccc(Oc4ccccc4)cc3)c3c(N)ncnc3n2[C@H]2CCOC2)CC1. The van der Waals surface area contributed by atoms with Gasteiger partial charge in [0.2, 0.25) is 0 Å². The molecule has 444 valence electrons. The number of piperidine rings is 2. The third-order valence-corrected chi connectivity index (χ3v) is 15.5. The zero-order chi connectivity index (χ0) is 60.0. The molecule has 2 atom stereocenters. The minimum Gasteiger partial charge on any atom is -0.457 e. The Kier molecular flexibility index (Phi) is 17.5. The van der Waals surface area contributed by atoms with Gasteiger partial charge in [0.05, 0.1) is 36.1 Å². The molecule has 0 spiro atoms. The second-order valence-electron chi connectivity index (χ2n) is 24.0. The molecule has 4 aliphatic rings. The molecule has 86 heavy (non-hydrogen) atoms. The molecule has 4 saturated heterocycles. The van der Waals surface area contributed by atoms with E-state index < -0.39 is 11.2 Å². The number of ether oxygens (including phenoxy) is 6. The van der Waals surface area contributed by atoms with Crippen molar-refractivity contribution in [2.45, 2.75) is 103 Å². The Morgan fingerprint density at radius 2 is 0.860 bits per heavy atom. The second kappa shape index (κ2) is 25.6. The molecule has 4 fully saturated rings. The summed E-state index contributed by atoms with van der Waals surface area (Å²) in [7, 11) is 0. The minimum atomic E-state index is -0.516. The van der Waals surface area contributed by atoms with Gasteiger partial charge in [-0.1, -0.05) is 72.5 Å². The number of likely N-dealkylation sites (tertiary alicyclic amines) is 2. The quantitative estimate of drug-likeness (QED) is 0.136. The zero-order valence-corrected chi connectivity index (χ0v) is 49.8. The number of aromatic nitrogens is 6. The number of hydrogen-bond donors (Lipinski definition) is 2. The van der Waals surface area contributed by atoms with Crippen molar-refractivity contribution in [3.63, 3.8) is 0 Å². The minimum absolute atomic E-state index is 0.0875. The molecular weight excluding hydrogens is 1080 g/mol. The summed E-state index contributed by atoms with van der Waals surface area (Å²) in [5.74, 6) is 18.3. The lowest BCUT2D eigenvalue weighted by molar-refractivity contribution is 0.0189. The van der Waals surface area contributed by atoms with Crippen LogP contribution in [0.5, 0.6) is 23.0 Å². The van der Waals surface area contributed by atoms with Crippen molar-refractivity contribution in [2.24, 2.45) is 11.8 Å². The Morgan fingerprint density at radius 3 is 1.20 bits per heavy atom. The normalized spacial score (nSPS) is 17.5. The molecule has 18 nitrogen and oxygen atoms in total. The van der Waals surface area contributed by atoms with E-state index in [0.717, 1.165) is 117 Å². The topological polar surface area (TPSA) is 209 Å². The molecule has 8 heterocycles. The van der Waals surface area contributed by atoms with E-state index in [9.17, 15) is 9.59 Å². The Morgan fingerprint density at radius 1 is 0.500 bits per heavy atom. The summed E-state index contributed by atoms with van der Waals surface area (Å²) in [6, 6.07) is 35.5. The number of hydrogen-bond acceptors (Lipinski definition) is 14. The van der Waals surface area contributed by atoms with Crippen LogP contribution in [-0.2, 0) is 18.9 Å². The Labute approximate surface area is 502 Å². The van der Waals surface area contributed by atoms with Crippen LogP contribution in [0, 0.1) is 35.5 Å². The Balaban J connectivity index is 0.000000179. The smallest absolute Gasteiger partial charge is 0.410 e. The van der Waals surface area contributed by atoms with E-state index in [1.54, 1.807) is 9.80 Å². The van der Waals surface area contributed by atoms with Gasteiger partial charge in [-0.2, -0.15) is 0 Å². The molecule has 4 N–H and O–H groups in total. The zero-order valence-electron chi connectivity index (χ0n) is 49.8. The third kappa shape index (κ3) is 13.7. The highest BCUT2D eigenvalue weighted by Crippen LogP contribution is 2.43. The standard InChI is InChI=1S/2C34H37N5O4/c2*1-34(2,3)43-33(40)38-18-15-23(16-19-38)9-14-28-29(24-10-12-27(13-11-24)42-26-7-5-4-6-8-26)30-31(35)36-22-37-32(30)39(28)25-17-20-41-21-25/h2*4-8,10-13,22-23,25H,15-21H2,1-3H3,(H2,35,36,37)/t2*25-/m10/s1. The van der Waals surface area contributed by atoms with Gasteiger partial charge in [-0.15, -0.1) is 0 Å². The van der Waals surface area contributed by atoms with Crippen LogP contribution in [0.4, 0.5) is 21.2 Å². The van der Waals surface area contributed by atoms with Crippen molar-refractivity contribution < 1.29 is 38.0 Å². The fraction of sp³-hybridized carbons (Fsp3) is 0.382. The van der Waals surface area contributed by atoms with Crippen LogP contribution in [-0.4, -0.2) is 115 Å². The molecule has 4 aromatic heterocycles. The summed E-state index contributed by atoms with van der Waals surface area (Å²) >= 11 is 0. The van der Waals surface area contributed by atoms with Gasteiger partial charge in [-0.05, 0) is 152 Å². The number of para-hydroxylation sites is 2. The molecule has 4 aromatic carbocycles. The molecule has 12 rings (SSSR count). The predicted octanol–water partition coefficient (Wildman–Crippen LogP) is 12.9. The summed E-state index contributed by atoms with van der Waals surface area (Å²) in [6.07, 6.45) is 7.32. The number of fused-ring (bicyclic) bond motifs is 2. The van der Waals surface area contributed by atoms with Gasteiger partial charge >= 0.3 is 12.2 Å². The average molecular weight is 1160 g/mol. The molecule has 0 aliphatic carbocycles. The number of benzene rings is 4. The number of carbonyl (C=O) groups excluding carboxylic acids is 2. The van der Waals surface area contributed by atoms with Gasteiger partial charge < -0.3 is 58.8 Å². The van der Waals surface area contributed by atoms with Crippen molar-refractivity contribution in [1.29, 1.82) is 0 Å². The van der Waals surface area contributed by atoms with Gasteiger partial charge in [0.25, 0.3) is 0 Å². The lowest BCUT2D eigenvalue weighted by Gasteiger charge is -2.31. The van der Waals surface area contributed by atoms with Gasteiger partial charge in [0.1, 0.15) is 81.2 Å². The molecule has 0 unspecified atom stereocenters. The maximum absolute atomic E-state index is 12.6. The molecule has 0 radical (unpaired) electrons. The largest absolute Gasteiger partial charge is 0.457 e. The summed E-state index contributed by atoms with van der Waals surface area (Å²) in [6.45, 7) is 16.3. The van der Waals surface area contributed by atoms with E-state index in [1.165, 1.54) is 12.7 Å². The van der Waals surface area contributed by atoms with E-state index in [1.807, 2.05) is 151 Å². The van der Waals surface area contributed by atoms with Crippen LogP contribution in [0.15, 0.2) is 122 Å². The fourth-order valence-corrected chi connectivity index (χ4v) is 11.3. The molecule has 2 amide bonds. The monoisotopic (exact) mass is 1160 g/mol.